The fourth-order valence-electron chi connectivity index (χ4n) is 2.93. The van der Waals surface area contributed by atoms with Crippen LogP contribution in [0.2, 0.25) is 0 Å². The molecule has 1 aliphatic rings. The van der Waals surface area contributed by atoms with Crippen LogP contribution in [0.1, 0.15) is 42.4 Å². The van der Waals surface area contributed by atoms with Crippen molar-refractivity contribution in [3.63, 3.8) is 0 Å². The molecule has 1 aliphatic carbocycles. The van der Waals surface area contributed by atoms with E-state index in [9.17, 15) is 0 Å². The summed E-state index contributed by atoms with van der Waals surface area (Å²) in [6, 6.07) is 4.53. The molecule has 88 valence electrons. The maximum absolute atomic E-state index is 5.77. The van der Waals surface area contributed by atoms with E-state index in [1.54, 1.807) is 0 Å². The lowest BCUT2D eigenvalue weighted by Gasteiger charge is -2.43. The molecule has 0 unspecified atom stereocenters. The molecule has 1 fully saturated rings. The summed E-state index contributed by atoms with van der Waals surface area (Å²) in [5.41, 5.74) is 10.4. The van der Waals surface area contributed by atoms with Crippen molar-refractivity contribution in [1.82, 2.24) is 0 Å². The summed E-state index contributed by atoms with van der Waals surface area (Å²) in [5, 5.41) is 0. The van der Waals surface area contributed by atoms with Crippen molar-refractivity contribution in [1.29, 1.82) is 0 Å². The second-order valence-electron chi connectivity index (χ2n) is 5.04. The number of aryl methyl sites for hydroxylation is 1. The van der Waals surface area contributed by atoms with Gasteiger partial charge in [-0.1, -0.05) is 34.5 Å². The van der Waals surface area contributed by atoms with Crippen molar-refractivity contribution in [3.8, 4) is 0 Å². The molecule has 0 spiro atoms. The van der Waals surface area contributed by atoms with Crippen LogP contribution in [0.4, 0.5) is 0 Å². The number of hydrogen-bond acceptors (Lipinski definition) is 1. The highest BCUT2D eigenvalue weighted by atomic mass is 79.9. The van der Waals surface area contributed by atoms with Crippen LogP contribution in [0.3, 0.4) is 0 Å². The van der Waals surface area contributed by atoms with Crippen LogP contribution < -0.4 is 5.73 Å². The number of hydrogen-bond donors (Lipinski definition) is 1. The average Bonchev–Trinajstić information content (AvgIpc) is 2.21. The van der Waals surface area contributed by atoms with Crippen LogP contribution in [-0.2, 0) is 5.41 Å². The summed E-state index contributed by atoms with van der Waals surface area (Å²) in [5.74, 6) is 0. The standard InChI is InChI=1S/C14H20BrN/c1-10-4-5-12(11(2)13(10)15)14(8-9-16)6-3-7-14/h4-5H,3,6-9,16H2,1-2H3. The van der Waals surface area contributed by atoms with Gasteiger partial charge in [-0.3, -0.25) is 0 Å². The molecule has 0 aliphatic heterocycles. The van der Waals surface area contributed by atoms with Gasteiger partial charge in [0.25, 0.3) is 0 Å². The second kappa shape index (κ2) is 4.50. The van der Waals surface area contributed by atoms with Gasteiger partial charge < -0.3 is 5.73 Å². The monoisotopic (exact) mass is 281 g/mol. The van der Waals surface area contributed by atoms with Gasteiger partial charge in [-0.05, 0) is 61.8 Å². The average molecular weight is 282 g/mol. The molecular weight excluding hydrogens is 262 g/mol. The van der Waals surface area contributed by atoms with Gasteiger partial charge in [0.2, 0.25) is 0 Å². The molecule has 0 aromatic heterocycles. The fourth-order valence-corrected chi connectivity index (χ4v) is 3.27. The summed E-state index contributed by atoms with van der Waals surface area (Å²) in [6.07, 6.45) is 5.09. The van der Waals surface area contributed by atoms with Gasteiger partial charge >= 0.3 is 0 Å². The Kier molecular flexibility index (Phi) is 3.41. The minimum Gasteiger partial charge on any atom is -0.330 e. The SMILES string of the molecule is Cc1ccc(C2(CCN)CCC2)c(C)c1Br. The summed E-state index contributed by atoms with van der Waals surface area (Å²) >= 11 is 3.70. The first-order valence-electron chi connectivity index (χ1n) is 6.07. The first-order chi connectivity index (χ1) is 7.60. The first kappa shape index (κ1) is 12.1. The maximum atomic E-state index is 5.77. The summed E-state index contributed by atoms with van der Waals surface area (Å²) in [4.78, 5) is 0. The Morgan fingerprint density at radius 3 is 2.50 bits per heavy atom. The Bertz CT molecular complexity index is 394. The van der Waals surface area contributed by atoms with Crippen molar-refractivity contribution in [3.05, 3.63) is 33.3 Å². The fraction of sp³-hybridized carbons (Fsp3) is 0.571. The van der Waals surface area contributed by atoms with E-state index in [4.69, 9.17) is 5.73 Å². The molecule has 1 aromatic rings. The highest BCUT2D eigenvalue weighted by Crippen LogP contribution is 2.48. The number of rotatable bonds is 3. The minimum absolute atomic E-state index is 0.384. The Morgan fingerprint density at radius 2 is 2.00 bits per heavy atom. The predicted octanol–water partition coefficient (Wildman–Crippen LogP) is 3.84. The Balaban J connectivity index is 2.43. The van der Waals surface area contributed by atoms with Crippen molar-refractivity contribution in [2.24, 2.45) is 5.73 Å². The molecule has 0 radical (unpaired) electrons. The van der Waals surface area contributed by atoms with Crippen LogP contribution >= 0.6 is 15.9 Å². The molecule has 0 bridgehead atoms. The molecule has 0 amide bonds. The molecule has 1 aromatic carbocycles. The molecule has 16 heavy (non-hydrogen) atoms. The van der Waals surface area contributed by atoms with Crippen LogP contribution in [0.25, 0.3) is 0 Å². The zero-order valence-electron chi connectivity index (χ0n) is 10.1. The minimum atomic E-state index is 0.384. The summed E-state index contributed by atoms with van der Waals surface area (Å²) in [6.45, 7) is 5.17. The van der Waals surface area contributed by atoms with Crippen LogP contribution in [-0.4, -0.2) is 6.54 Å². The van der Waals surface area contributed by atoms with Gasteiger partial charge in [-0.25, -0.2) is 0 Å². The Labute approximate surface area is 107 Å². The van der Waals surface area contributed by atoms with Gasteiger partial charge in [0.15, 0.2) is 0 Å². The van der Waals surface area contributed by atoms with Gasteiger partial charge in [-0.2, -0.15) is 0 Å². The number of benzene rings is 1. The maximum Gasteiger partial charge on any atom is 0.0236 e. The predicted molar refractivity (Wildman–Crippen MR) is 72.8 cm³/mol. The normalized spacial score (nSPS) is 18.2. The van der Waals surface area contributed by atoms with E-state index in [1.807, 2.05) is 0 Å². The quantitative estimate of drug-likeness (QED) is 0.895. The number of nitrogens with two attached hydrogens (primary N) is 1. The van der Waals surface area contributed by atoms with Crippen molar-refractivity contribution >= 4 is 15.9 Å². The van der Waals surface area contributed by atoms with Gasteiger partial charge in [-0.15, -0.1) is 0 Å². The van der Waals surface area contributed by atoms with Gasteiger partial charge in [0.1, 0.15) is 0 Å². The van der Waals surface area contributed by atoms with Gasteiger partial charge in [0, 0.05) is 4.47 Å². The molecular formula is C14H20BrN. The third-order valence-corrected chi connectivity index (χ3v) is 5.30. The topological polar surface area (TPSA) is 26.0 Å². The van der Waals surface area contributed by atoms with E-state index < -0.39 is 0 Å². The van der Waals surface area contributed by atoms with Crippen LogP contribution in [0.5, 0.6) is 0 Å². The van der Waals surface area contributed by atoms with E-state index in [0.29, 0.717) is 5.41 Å². The molecule has 2 N–H and O–H groups in total. The molecule has 2 rings (SSSR count). The summed E-state index contributed by atoms with van der Waals surface area (Å²) in [7, 11) is 0. The number of halogens is 1. The van der Waals surface area contributed by atoms with Gasteiger partial charge in [0.05, 0.1) is 0 Å². The van der Waals surface area contributed by atoms with Crippen LogP contribution in [0.15, 0.2) is 16.6 Å². The highest BCUT2D eigenvalue weighted by molar-refractivity contribution is 9.10. The summed E-state index contributed by atoms with van der Waals surface area (Å²) < 4.78 is 1.27. The van der Waals surface area contributed by atoms with E-state index >= 15 is 0 Å². The lowest BCUT2D eigenvalue weighted by atomic mass is 9.61. The van der Waals surface area contributed by atoms with Crippen molar-refractivity contribution < 1.29 is 0 Å². The van der Waals surface area contributed by atoms with Crippen molar-refractivity contribution in [2.45, 2.75) is 44.9 Å². The first-order valence-corrected chi connectivity index (χ1v) is 6.86. The van der Waals surface area contributed by atoms with E-state index in [-0.39, 0.29) is 0 Å². The van der Waals surface area contributed by atoms with E-state index in [0.717, 1.165) is 13.0 Å². The van der Waals surface area contributed by atoms with Crippen molar-refractivity contribution in [2.75, 3.05) is 6.54 Å². The van der Waals surface area contributed by atoms with E-state index in [1.165, 1.54) is 40.4 Å². The zero-order chi connectivity index (χ0) is 11.8. The second-order valence-corrected chi connectivity index (χ2v) is 5.83. The molecule has 0 saturated heterocycles. The lowest BCUT2D eigenvalue weighted by Crippen LogP contribution is -2.37. The lowest BCUT2D eigenvalue weighted by molar-refractivity contribution is 0.228. The molecule has 0 heterocycles. The third kappa shape index (κ3) is 1.82. The Hall–Kier alpha value is -0.340. The smallest absolute Gasteiger partial charge is 0.0236 e. The molecule has 1 saturated carbocycles. The largest absolute Gasteiger partial charge is 0.330 e. The van der Waals surface area contributed by atoms with Crippen LogP contribution in [0, 0.1) is 13.8 Å². The Morgan fingerprint density at radius 1 is 1.31 bits per heavy atom. The molecule has 0 atom stereocenters. The zero-order valence-corrected chi connectivity index (χ0v) is 11.7. The molecule has 2 heteroatoms. The highest BCUT2D eigenvalue weighted by Gasteiger charge is 2.38. The molecule has 1 nitrogen and oxygen atoms in total. The third-order valence-electron chi connectivity index (χ3n) is 4.08. The van der Waals surface area contributed by atoms with E-state index in [2.05, 4.69) is 41.9 Å².